The number of anilines is 2. The van der Waals surface area contributed by atoms with Crippen LogP contribution in [-0.4, -0.2) is 61.4 Å². The number of fused-ring (bicyclic) bond motifs is 2. The quantitative estimate of drug-likeness (QED) is 0.514. The fraction of sp³-hybridized carbons (Fsp3) is 0.440. The van der Waals surface area contributed by atoms with Crippen molar-refractivity contribution in [2.24, 2.45) is 11.8 Å². The van der Waals surface area contributed by atoms with E-state index in [0.717, 1.165) is 55.9 Å². The van der Waals surface area contributed by atoms with Gasteiger partial charge in [-0.3, -0.25) is 0 Å². The van der Waals surface area contributed by atoms with Crippen molar-refractivity contribution >= 4 is 22.4 Å². The van der Waals surface area contributed by atoms with Crippen molar-refractivity contribution in [3.63, 3.8) is 0 Å². The zero-order chi connectivity index (χ0) is 22.8. The third kappa shape index (κ3) is 4.72. The summed E-state index contributed by atoms with van der Waals surface area (Å²) < 4.78 is 30.9. The number of methoxy groups -OCH3 is 1. The van der Waals surface area contributed by atoms with E-state index < -0.39 is 0 Å². The molecule has 1 aromatic heterocycles. The van der Waals surface area contributed by atoms with E-state index in [0.29, 0.717) is 41.3 Å². The Morgan fingerprint density at radius 2 is 1.94 bits per heavy atom. The van der Waals surface area contributed by atoms with E-state index >= 15 is 0 Å². The zero-order valence-corrected chi connectivity index (χ0v) is 19.0. The molecule has 2 aromatic carbocycles. The van der Waals surface area contributed by atoms with Crippen LogP contribution in [0.3, 0.4) is 0 Å². The van der Waals surface area contributed by atoms with Gasteiger partial charge in [0.1, 0.15) is 18.0 Å². The number of aryl methyl sites for hydroxylation is 1. The summed E-state index contributed by atoms with van der Waals surface area (Å²) in [5, 5.41) is 4.08. The van der Waals surface area contributed by atoms with Crippen molar-refractivity contribution in [2.75, 3.05) is 51.9 Å². The lowest BCUT2D eigenvalue weighted by atomic mass is 10.0. The summed E-state index contributed by atoms with van der Waals surface area (Å²) in [6.45, 7) is 7.40. The molecule has 0 bridgehead atoms. The van der Waals surface area contributed by atoms with Crippen molar-refractivity contribution < 1.29 is 18.6 Å². The molecule has 174 valence electrons. The number of ether oxygens (including phenoxy) is 3. The molecule has 2 unspecified atom stereocenters. The largest absolute Gasteiger partial charge is 0.493 e. The highest BCUT2D eigenvalue weighted by Crippen LogP contribution is 2.35. The zero-order valence-electron chi connectivity index (χ0n) is 19.0. The molecule has 3 heterocycles. The van der Waals surface area contributed by atoms with Gasteiger partial charge >= 0.3 is 0 Å². The predicted octanol–water partition coefficient (Wildman–Crippen LogP) is 4.18. The summed E-state index contributed by atoms with van der Waals surface area (Å²) >= 11 is 0. The molecule has 2 fully saturated rings. The lowest BCUT2D eigenvalue weighted by Gasteiger charge is -2.17. The Morgan fingerprint density at radius 1 is 1.12 bits per heavy atom. The van der Waals surface area contributed by atoms with E-state index in [4.69, 9.17) is 14.2 Å². The number of hydrogen-bond acceptors (Lipinski definition) is 7. The molecule has 33 heavy (non-hydrogen) atoms. The number of rotatable bonds is 8. The minimum absolute atomic E-state index is 0.237. The van der Waals surface area contributed by atoms with Crippen LogP contribution < -0.4 is 14.8 Å². The Hall–Kier alpha value is -2.97. The second-order valence-corrected chi connectivity index (χ2v) is 8.85. The highest BCUT2D eigenvalue weighted by Gasteiger charge is 2.36. The molecule has 3 aromatic rings. The van der Waals surface area contributed by atoms with Gasteiger partial charge in [0.15, 0.2) is 11.5 Å². The second kappa shape index (κ2) is 9.49. The summed E-state index contributed by atoms with van der Waals surface area (Å²) in [6, 6.07) is 8.65. The van der Waals surface area contributed by atoms with Crippen LogP contribution in [-0.2, 0) is 4.74 Å². The van der Waals surface area contributed by atoms with Crippen LogP contribution in [0.2, 0.25) is 0 Å². The Labute approximate surface area is 192 Å². The van der Waals surface area contributed by atoms with Gasteiger partial charge in [0.2, 0.25) is 0 Å². The van der Waals surface area contributed by atoms with Crippen molar-refractivity contribution in [1.82, 2.24) is 14.9 Å². The molecular formula is C25H29FN4O3. The first-order valence-electron chi connectivity index (χ1n) is 11.4. The normalized spacial score (nSPS) is 20.2. The number of benzene rings is 2. The van der Waals surface area contributed by atoms with Gasteiger partial charge in [-0.1, -0.05) is 0 Å². The van der Waals surface area contributed by atoms with Crippen molar-refractivity contribution in [3.05, 3.63) is 48.0 Å². The van der Waals surface area contributed by atoms with Crippen molar-refractivity contribution in [1.29, 1.82) is 0 Å². The minimum Gasteiger partial charge on any atom is -0.493 e. The van der Waals surface area contributed by atoms with E-state index in [9.17, 15) is 4.39 Å². The first kappa shape index (κ1) is 21.9. The summed E-state index contributed by atoms with van der Waals surface area (Å²) in [5.41, 5.74) is 2.06. The van der Waals surface area contributed by atoms with E-state index in [-0.39, 0.29) is 5.82 Å². The lowest BCUT2D eigenvalue weighted by molar-refractivity contribution is 0.152. The summed E-state index contributed by atoms with van der Waals surface area (Å²) in [5.74, 6) is 3.08. The SMILES string of the molecule is COc1cc2ncnc(Nc3ccc(F)c(C)c3)c2cc1OCCCN1CC2COCC2C1. The maximum atomic E-state index is 13.6. The molecule has 7 nitrogen and oxygen atoms in total. The van der Waals surface area contributed by atoms with E-state index in [1.807, 2.05) is 12.1 Å². The van der Waals surface area contributed by atoms with Gasteiger partial charge in [0, 0.05) is 48.6 Å². The first-order valence-corrected chi connectivity index (χ1v) is 11.4. The third-order valence-corrected chi connectivity index (χ3v) is 6.53. The number of aromatic nitrogens is 2. The van der Waals surface area contributed by atoms with E-state index in [2.05, 4.69) is 20.2 Å². The van der Waals surface area contributed by atoms with E-state index in [1.54, 1.807) is 26.2 Å². The van der Waals surface area contributed by atoms with Crippen LogP contribution in [0.1, 0.15) is 12.0 Å². The van der Waals surface area contributed by atoms with Crippen LogP contribution in [0.5, 0.6) is 11.5 Å². The Balaban J connectivity index is 1.28. The minimum atomic E-state index is -0.237. The Kier molecular flexibility index (Phi) is 6.28. The highest BCUT2D eigenvalue weighted by atomic mass is 19.1. The fourth-order valence-electron chi connectivity index (χ4n) is 4.73. The molecule has 5 rings (SSSR count). The highest BCUT2D eigenvalue weighted by molar-refractivity contribution is 5.93. The Morgan fingerprint density at radius 3 is 2.70 bits per heavy atom. The average Bonchev–Trinajstić information content (AvgIpc) is 3.41. The summed E-state index contributed by atoms with van der Waals surface area (Å²) in [4.78, 5) is 11.3. The second-order valence-electron chi connectivity index (χ2n) is 8.85. The molecule has 8 heteroatoms. The third-order valence-electron chi connectivity index (χ3n) is 6.53. The van der Waals surface area contributed by atoms with Crippen LogP contribution in [0.4, 0.5) is 15.9 Å². The molecule has 2 aliphatic heterocycles. The summed E-state index contributed by atoms with van der Waals surface area (Å²) in [6.07, 6.45) is 2.43. The molecule has 0 amide bonds. The first-order chi connectivity index (χ1) is 16.1. The number of halogens is 1. The Bertz CT molecular complexity index is 1130. The maximum absolute atomic E-state index is 13.6. The van der Waals surface area contributed by atoms with Crippen molar-refractivity contribution in [2.45, 2.75) is 13.3 Å². The molecular weight excluding hydrogens is 423 g/mol. The van der Waals surface area contributed by atoms with Gasteiger partial charge in [-0.25, -0.2) is 14.4 Å². The maximum Gasteiger partial charge on any atom is 0.162 e. The molecule has 2 aliphatic rings. The van der Waals surface area contributed by atoms with Gasteiger partial charge in [-0.15, -0.1) is 0 Å². The van der Waals surface area contributed by atoms with Crippen molar-refractivity contribution in [3.8, 4) is 11.5 Å². The van der Waals surface area contributed by atoms with Gasteiger partial charge in [-0.05, 0) is 43.2 Å². The molecule has 2 saturated heterocycles. The summed E-state index contributed by atoms with van der Waals surface area (Å²) in [7, 11) is 1.63. The molecule has 0 saturated carbocycles. The van der Waals surface area contributed by atoms with Gasteiger partial charge in [0.05, 0.1) is 32.4 Å². The number of likely N-dealkylation sites (tertiary alicyclic amines) is 1. The average molecular weight is 453 g/mol. The smallest absolute Gasteiger partial charge is 0.162 e. The number of nitrogens with zero attached hydrogens (tertiary/aromatic N) is 3. The molecule has 1 N–H and O–H groups in total. The van der Waals surface area contributed by atoms with E-state index in [1.165, 1.54) is 12.4 Å². The number of nitrogens with one attached hydrogen (secondary N) is 1. The van der Waals surface area contributed by atoms with Gasteiger partial charge in [0.25, 0.3) is 0 Å². The molecule has 0 radical (unpaired) electrons. The topological polar surface area (TPSA) is 68.7 Å². The van der Waals surface area contributed by atoms with Crippen LogP contribution >= 0.6 is 0 Å². The van der Waals surface area contributed by atoms with Crippen LogP contribution in [0.25, 0.3) is 10.9 Å². The number of hydrogen-bond donors (Lipinski definition) is 1. The van der Waals surface area contributed by atoms with Gasteiger partial charge in [-0.2, -0.15) is 0 Å². The standard InChI is InChI=1S/C25H29FN4O3/c1-16-8-19(4-5-21(16)26)29-25-20-9-24(23(31-2)10-22(20)27-15-28-25)33-7-3-6-30-11-17-13-32-14-18(17)12-30/h4-5,8-10,15,17-18H,3,6-7,11-14H2,1-2H3,(H,27,28,29). The van der Waals surface area contributed by atoms with Crippen LogP contribution in [0.15, 0.2) is 36.7 Å². The predicted molar refractivity (Wildman–Crippen MR) is 125 cm³/mol. The van der Waals surface area contributed by atoms with Crippen LogP contribution in [0, 0.1) is 24.6 Å². The lowest BCUT2D eigenvalue weighted by Crippen LogP contribution is -2.25. The molecule has 2 atom stereocenters. The molecule has 0 aliphatic carbocycles. The molecule has 0 spiro atoms. The monoisotopic (exact) mass is 452 g/mol. The fourth-order valence-corrected chi connectivity index (χ4v) is 4.73. The van der Waals surface area contributed by atoms with Gasteiger partial charge < -0.3 is 24.4 Å².